The second kappa shape index (κ2) is 7.23. The number of hydrogen-bond acceptors (Lipinski definition) is 3. The molecule has 1 heterocycles. The number of aliphatic hydroxyl groups excluding tert-OH is 1. The third-order valence-electron chi connectivity index (χ3n) is 4.97. The predicted molar refractivity (Wildman–Crippen MR) is 81.0 cm³/mol. The maximum atomic E-state index is 11.6. The van der Waals surface area contributed by atoms with Gasteiger partial charge in [0.05, 0.1) is 12.4 Å². The Kier molecular flexibility index (Phi) is 5.87. The van der Waals surface area contributed by atoms with Gasteiger partial charge in [0.25, 0.3) is 0 Å². The van der Waals surface area contributed by atoms with E-state index < -0.39 is 10.0 Å². The van der Waals surface area contributed by atoms with Crippen LogP contribution in [0.15, 0.2) is 0 Å². The van der Waals surface area contributed by atoms with Gasteiger partial charge in [-0.25, -0.2) is 12.7 Å². The van der Waals surface area contributed by atoms with Crippen LogP contribution in [-0.4, -0.2) is 43.3 Å². The molecule has 2 fully saturated rings. The largest absolute Gasteiger partial charge is 0.393 e. The quantitative estimate of drug-likeness (QED) is 0.811. The van der Waals surface area contributed by atoms with Crippen molar-refractivity contribution < 1.29 is 13.5 Å². The summed E-state index contributed by atoms with van der Waals surface area (Å²) in [6, 6.07) is 0. The van der Waals surface area contributed by atoms with Crippen LogP contribution in [0.2, 0.25) is 0 Å². The van der Waals surface area contributed by atoms with Gasteiger partial charge in [-0.3, -0.25) is 0 Å². The van der Waals surface area contributed by atoms with Crippen molar-refractivity contribution in [2.75, 3.05) is 19.3 Å². The summed E-state index contributed by atoms with van der Waals surface area (Å²) in [5, 5.41) is 10.5. The Labute approximate surface area is 123 Å². The third-order valence-corrected chi connectivity index (χ3v) is 6.24. The number of piperidine rings is 1. The van der Waals surface area contributed by atoms with E-state index in [-0.39, 0.29) is 6.10 Å². The number of rotatable bonds is 4. The van der Waals surface area contributed by atoms with E-state index in [1.54, 1.807) is 4.31 Å². The molecule has 0 spiro atoms. The molecule has 0 bridgehead atoms. The summed E-state index contributed by atoms with van der Waals surface area (Å²) in [6.07, 6.45) is 11.2. The van der Waals surface area contributed by atoms with E-state index in [0.717, 1.165) is 32.1 Å². The van der Waals surface area contributed by atoms with Crippen molar-refractivity contribution in [3.05, 3.63) is 0 Å². The molecular formula is C15H29NO3S. The molecule has 2 atom stereocenters. The van der Waals surface area contributed by atoms with Crippen molar-refractivity contribution in [3.8, 4) is 0 Å². The van der Waals surface area contributed by atoms with Crippen LogP contribution in [0.5, 0.6) is 0 Å². The number of sulfonamides is 1. The zero-order valence-corrected chi connectivity index (χ0v) is 13.4. The second-order valence-electron chi connectivity index (χ2n) is 6.68. The Morgan fingerprint density at radius 1 is 1.10 bits per heavy atom. The van der Waals surface area contributed by atoms with Gasteiger partial charge in [0, 0.05) is 13.1 Å². The molecule has 118 valence electrons. The zero-order valence-electron chi connectivity index (χ0n) is 12.6. The first kappa shape index (κ1) is 16.2. The van der Waals surface area contributed by atoms with Crippen LogP contribution in [0.4, 0.5) is 0 Å². The third kappa shape index (κ3) is 4.71. The molecule has 2 aliphatic rings. The molecule has 2 unspecified atom stereocenters. The van der Waals surface area contributed by atoms with Gasteiger partial charge in [-0.2, -0.15) is 0 Å². The molecule has 4 nitrogen and oxygen atoms in total. The minimum Gasteiger partial charge on any atom is -0.393 e. The lowest BCUT2D eigenvalue weighted by Crippen LogP contribution is -2.40. The van der Waals surface area contributed by atoms with Crippen LogP contribution >= 0.6 is 0 Å². The lowest BCUT2D eigenvalue weighted by Gasteiger charge is -2.33. The van der Waals surface area contributed by atoms with Gasteiger partial charge in [-0.1, -0.05) is 25.7 Å². The van der Waals surface area contributed by atoms with E-state index in [2.05, 4.69) is 0 Å². The Morgan fingerprint density at radius 2 is 1.75 bits per heavy atom. The molecule has 1 aliphatic carbocycles. The first-order valence-corrected chi connectivity index (χ1v) is 9.95. The molecular weight excluding hydrogens is 274 g/mol. The maximum absolute atomic E-state index is 11.6. The van der Waals surface area contributed by atoms with Gasteiger partial charge in [0.15, 0.2) is 0 Å². The first-order valence-electron chi connectivity index (χ1n) is 8.10. The highest BCUT2D eigenvalue weighted by Gasteiger charge is 2.29. The summed E-state index contributed by atoms with van der Waals surface area (Å²) >= 11 is 0. The predicted octanol–water partition coefficient (Wildman–Crippen LogP) is 2.38. The van der Waals surface area contributed by atoms with Gasteiger partial charge in [-0.15, -0.1) is 0 Å². The van der Waals surface area contributed by atoms with Crippen molar-refractivity contribution in [3.63, 3.8) is 0 Å². The minimum absolute atomic E-state index is 0.238. The molecule has 0 aromatic carbocycles. The van der Waals surface area contributed by atoms with Crippen molar-refractivity contribution in [2.24, 2.45) is 11.8 Å². The molecule has 0 aromatic heterocycles. The lowest BCUT2D eigenvalue weighted by atomic mass is 9.85. The first-order chi connectivity index (χ1) is 9.47. The molecule has 1 saturated carbocycles. The SMILES string of the molecule is CS(=O)(=O)N1CCCC(CC(O)C2CCCCCC2)C1. The van der Waals surface area contributed by atoms with E-state index in [4.69, 9.17) is 0 Å². The molecule has 0 amide bonds. The fourth-order valence-corrected chi connectivity index (χ4v) is 4.69. The summed E-state index contributed by atoms with van der Waals surface area (Å²) < 4.78 is 24.8. The van der Waals surface area contributed by atoms with E-state index in [9.17, 15) is 13.5 Å². The van der Waals surface area contributed by atoms with Gasteiger partial charge in [0.1, 0.15) is 0 Å². The van der Waals surface area contributed by atoms with Crippen LogP contribution in [0.3, 0.4) is 0 Å². The lowest BCUT2D eigenvalue weighted by molar-refractivity contribution is 0.0632. The summed E-state index contributed by atoms with van der Waals surface area (Å²) in [6.45, 7) is 1.25. The number of nitrogens with zero attached hydrogens (tertiary/aromatic N) is 1. The fourth-order valence-electron chi connectivity index (χ4n) is 3.75. The minimum atomic E-state index is -3.07. The second-order valence-corrected chi connectivity index (χ2v) is 8.67. The molecule has 0 radical (unpaired) electrons. The van der Waals surface area contributed by atoms with Crippen molar-refractivity contribution in [1.29, 1.82) is 0 Å². The molecule has 2 rings (SSSR count). The summed E-state index contributed by atoms with van der Waals surface area (Å²) in [4.78, 5) is 0. The normalized spacial score (nSPS) is 29.0. The fraction of sp³-hybridized carbons (Fsp3) is 1.00. The maximum Gasteiger partial charge on any atom is 0.211 e. The Morgan fingerprint density at radius 3 is 2.35 bits per heavy atom. The highest BCUT2D eigenvalue weighted by molar-refractivity contribution is 7.88. The standard InChI is InChI=1S/C15H29NO3S/c1-20(18,19)16-10-6-7-13(12-16)11-15(17)14-8-4-2-3-5-9-14/h13-15,17H,2-12H2,1H3. The van der Waals surface area contributed by atoms with Crippen LogP contribution in [0, 0.1) is 11.8 Å². The van der Waals surface area contributed by atoms with Crippen LogP contribution in [-0.2, 0) is 10.0 Å². The molecule has 1 aliphatic heterocycles. The van der Waals surface area contributed by atoms with Gasteiger partial charge in [0.2, 0.25) is 10.0 Å². The van der Waals surface area contributed by atoms with E-state index in [1.165, 1.54) is 31.9 Å². The Hall–Kier alpha value is -0.130. The highest BCUT2D eigenvalue weighted by Crippen LogP contribution is 2.30. The molecule has 20 heavy (non-hydrogen) atoms. The van der Waals surface area contributed by atoms with Crippen molar-refractivity contribution in [2.45, 2.75) is 63.9 Å². The number of hydrogen-bond donors (Lipinski definition) is 1. The van der Waals surface area contributed by atoms with Gasteiger partial charge < -0.3 is 5.11 Å². The summed E-state index contributed by atoms with van der Waals surface area (Å²) in [7, 11) is -3.07. The Balaban J connectivity index is 1.85. The highest BCUT2D eigenvalue weighted by atomic mass is 32.2. The van der Waals surface area contributed by atoms with Crippen molar-refractivity contribution in [1.82, 2.24) is 4.31 Å². The monoisotopic (exact) mass is 303 g/mol. The van der Waals surface area contributed by atoms with Crippen LogP contribution < -0.4 is 0 Å². The number of aliphatic hydroxyl groups is 1. The van der Waals surface area contributed by atoms with Crippen LogP contribution in [0.1, 0.15) is 57.8 Å². The summed E-state index contributed by atoms with van der Waals surface area (Å²) in [5.74, 6) is 0.767. The van der Waals surface area contributed by atoms with E-state index in [1.807, 2.05) is 0 Å². The Bertz CT molecular complexity index is 388. The summed E-state index contributed by atoms with van der Waals surface area (Å²) in [5.41, 5.74) is 0. The van der Waals surface area contributed by atoms with E-state index in [0.29, 0.717) is 24.9 Å². The van der Waals surface area contributed by atoms with E-state index >= 15 is 0 Å². The molecule has 1 saturated heterocycles. The topological polar surface area (TPSA) is 57.6 Å². The zero-order chi connectivity index (χ0) is 14.6. The molecule has 1 N–H and O–H groups in total. The molecule has 5 heteroatoms. The van der Waals surface area contributed by atoms with Crippen LogP contribution in [0.25, 0.3) is 0 Å². The molecule has 0 aromatic rings. The average Bonchev–Trinajstić information content (AvgIpc) is 2.67. The average molecular weight is 303 g/mol. The van der Waals surface area contributed by atoms with Crippen molar-refractivity contribution >= 4 is 10.0 Å². The van der Waals surface area contributed by atoms with Gasteiger partial charge >= 0.3 is 0 Å². The smallest absolute Gasteiger partial charge is 0.211 e. The van der Waals surface area contributed by atoms with Gasteiger partial charge in [-0.05, 0) is 43.9 Å².